The molecule has 0 spiro atoms. The predicted molar refractivity (Wildman–Crippen MR) is 42.5 cm³/mol. The largest absolute Gasteiger partial charge is 0.328 e. The van der Waals surface area contributed by atoms with E-state index in [-0.39, 0.29) is 6.17 Å². The van der Waals surface area contributed by atoms with Gasteiger partial charge >= 0.3 is 0 Å². The van der Waals surface area contributed by atoms with Crippen molar-refractivity contribution in [3.63, 3.8) is 0 Å². The van der Waals surface area contributed by atoms with Gasteiger partial charge in [0.15, 0.2) is 0 Å². The second-order valence-corrected chi connectivity index (χ2v) is 2.90. The Labute approximate surface area is 62.4 Å². The first kappa shape index (κ1) is 7.98. The van der Waals surface area contributed by atoms with E-state index >= 15 is 0 Å². The summed E-state index contributed by atoms with van der Waals surface area (Å²) in [6.07, 6.45) is 4.02. The van der Waals surface area contributed by atoms with Crippen LogP contribution < -0.4 is 11.5 Å². The molecule has 0 bridgehead atoms. The van der Waals surface area contributed by atoms with E-state index in [9.17, 15) is 0 Å². The number of piperidine rings is 1. The smallest absolute Gasteiger partial charge is 0.0698 e. The van der Waals surface area contributed by atoms with Gasteiger partial charge in [0.25, 0.3) is 0 Å². The van der Waals surface area contributed by atoms with Crippen molar-refractivity contribution in [1.29, 1.82) is 0 Å². The monoisotopic (exact) mass is 143 g/mol. The molecule has 60 valence electrons. The van der Waals surface area contributed by atoms with Crippen LogP contribution in [0.25, 0.3) is 0 Å². The topological polar surface area (TPSA) is 55.3 Å². The Morgan fingerprint density at radius 1 is 1.20 bits per heavy atom. The lowest BCUT2D eigenvalue weighted by Crippen LogP contribution is -2.49. The van der Waals surface area contributed by atoms with Crippen molar-refractivity contribution in [2.75, 3.05) is 19.6 Å². The summed E-state index contributed by atoms with van der Waals surface area (Å²) >= 11 is 0. The van der Waals surface area contributed by atoms with Gasteiger partial charge in [-0.1, -0.05) is 6.42 Å². The molecule has 1 rings (SSSR count). The highest BCUT2D eigenvalue weighted by Gasteiger charge is 2.14. The van der Waals surface area contributed by atoms with Gasteiger partial charge in [-0.25, -0.2) is 0 Å². The summed E-state index contributed by atoms with van der Waals surface area (Å²) in [7, 11) is 0. The van der Waals surface area contributed by atoms with E-state index in [1.54, 1.807) is 0 Å². The van der Waals surface area contributed by atoms with Crippen molar-refractivity contribution >= 4 is 0 Å². The second kappa shape index (κ2) is 3.91. The summed E-state index contributed by atoms with van der Waals surface area (Å²) in [5.41, 5.74) is 11.2. The highest BCUT2D eigenvalue weighted by molar-refractivity contribution is 4.70. The zero-order chi connectivity index (χ0) is 7.40. The van der Waals surface area contributed by atoms with Crippen LogP contribution in [0.4, 0.5) is 0 Å². The lowest BCUT2D eigenvalue weighted by atomic mass is 10.1. The summed E-state index contributed by atoms with van der Waals surface area (Å²) in [6, 6.07) is 0. The van der Waals surface area contributed by atoms with Crippen molar-refractivity contribution in [2.24, 2.45) is 11.5 Å². The summed E-state index contributed by atoms with van der Waals surface area (Å²) in [4.78, 5) is 2.27. The van der Waals surface area contributed by atoms with Gasteiger partial charge in [-0.2, -0.15) is 0 Å². The maximum absolute atomic E-state index is 5.75. The number of hydrogen-bond donors (Lipinski definition) is 2. The van der Waals surface area contributed by atoms with E-state index in [4.69, 9.17) is 11.5 Å². The standard InChI is InChI=1S/C7H17N3/c8-6-7(9)10-4-2-1-3-5-10/h7H,1-6,8-9H2. The Kier molecular flexibility index (Phi) is 3.12. The fraction of sp³-hybridized carbons (Fsp3) is 1.00. The predicted octanol–water partition coefficient (Wildman–Crippen LogP) is -0.284. The minimum absolute atomic E-state index is 0.0975. The highest BCUT2D eigenvalue weighted by atomic mass is 15.2. The number of likely N-dealkylation sites (tertiary alicyclic amines) is 1. The summed E-state index contributed by atoms with van der Waals surface area (Å²) in [5.74, 6) is 0. The van der Waals surface area contributed by atoms with E-state index in [0.717, 1.165) is 13.1 Å². The third-order valence-electron chi connectivity index (χ3n) is 2.10. The molecule has 0 radical (unpaired) electrons. The normalized spacial score (nSPS) is 24.6. The molecular formula is C7H17N3. The minimum Gasteiger partial charge on any atom is -0.328 e. The van der Waals surface area contributed by atoms with Crippen LogP contribution in [-0.2, 0) is 0 Å². The number of hydrogen-bond acceptors (Lipinski definition) is 3. The molecule has 0 aliphatic carbocycles. The molecular weight excluding hydrogens is 126 g/mol. The van der Waals surface area contributed by atoms with Crippen LogP contribution in [0.1, 0.15) is 19.3 Å². The fourth-order valence-corrected chi connectivity index (χ4v) is 1.40. The molecule has 0 amide bonds. The number of nitrogens with zero attached hydrogens (tertiary/aromatic N) is 1. The maximum atomic E-state index is 5.75. The van der Waals surface area contributed by atoms with E-state index in [1.807, 2.05) is 0 Å². The molecule has 3 nitrogen and oxygen atoms in total. The van der Waals surface area contributed by atoms with Crippen molar-refractivity contribution in [1.82, 2.24) is 4.90 Å². The van der Waals surface area contributed by atoms with Crippen molar-refractivity contribution in [3.8, 4) is 0 Å². The zero-order valence-corrected chi connectivity index (χ0v) is 6.42. The molecule has 1 unspecified atom stereocenters. The van der Waals surface area contributed by atoms with Gasteiger partial charge in [0.05, 0.1) is 6.17 Å². The van der Waals surface area contributed by atoms with Crippen LogP contribution in [0, 0.1) is 0 Å². The second-order valence-electron chi connectivity index (χ2n) is 2.90. The number of rotatable bonds is 2. The molecule has 0 aromatic heterocycles. The van der Waals surface area contributed by atoms with E-state index in [2.05, 4.69) is 4.90 Å². The van der Waals surface area contributed by atoms with Crippen LogP contribution in [0.15, 0.2) is 0 Å². The average molecular weight is 143 g/mol. The zero-order valence-electron chi connectivity index (χ0n) is 6.42. The Bertz CT molecular complexity index is 88.9. The number of nitrogens with two attached hydrogens (primary N) is 2. The lowest BCUT2D eigenvalue weighted by molar-refractivity contribution is 0.170. The molecule has 0 aromatic carbocycles. The van der Waals surface area contributed by atoms with Gasteiger partial charge in [-0.3, -0.25) is 4.90 Å². The molecule has 1 fully saturated rings. The Hall–Kier alpha value is -0.120. The Balaban J connectivity index is 2.24. The van der Waals surface area contributed by atoms with E-state index in [1.165, 1.54) is 19.3 Å². The van der Waals surface area contributed by atoms with E-state index in [0.29, 0.717) is 6.54 Å². The van der Waals surface area contributed by atoms with Crippen LogP contribution in [0.3, 0.4) is 0 Å². The molecule has 3 heteroatoms. The minimum atomic E-state index is 0.0975. The Morgan fingerprint density at radius 3 is 2.30 bits per heavy atom. The summed E-state index contributed by atoms with van der Waals surface area (Å²) in [5, 5.41) is 0. The molecule has 1 saturated heterocycles. The van der Waals surface area contributed by atoms with Gasteiger partial charge in [-0.05, 0) is 25.9 Å². The van der Waals surface area contributed by atoms with Crippen molar-refractivity contribution in [2.45, 2.75) is 25.4 Å². The molecule has 4 N–H and O–H groups in total. The average Bonchev–Trinajstić information content (AvgIpc) is 2.05. The Morgan fingerprint density at radius 2 is 1.80 bits per heavy atom. The van der Waals surface area contributed by atoms with Gasteiger partial charge < -0.3 is 11.5 Å². The third-order valence-corrected chi connectivity index (χ3v) is 2.10. The van der Waals surface area contributed by atoms with Gasteiger partial charge in [0.2, 0.25) is 0 Å². The van der Waals surface area contributed by atoms with Crippen LogP contribution in [0.2, 0.25) is 0 Å². The SMILES string of the molecule is NCC(N)N1CCCCC1. The molecule has 1 aliphatic rings. The molecule has 0 aromatic rings. The lowest BCUT2D eigenvalue weighted by Gasteiger charge is -2.31. The fourth-order valence-electron chi connectivity index (χ4n) is 1.40. The molecule has 1 aliphatic heterocycles. The molecule has 1 heterocycles. The quantitative estimate of drug-likeness (QED) is 0.559. The highest BCUT2D eigenvalue weighted by Crippen LogP contribution is 2.08. The van der Waals surface area contributed by atoms with Crippen molar-refractivity contribution in [3.05, 3.63) is 0 Å². The van der Waals surface area contributed by atoms with Crippen LogP contribution >= 0.6 is 0 Å². The first-order valence-electron chi connectivity index (χ1n) is 4.04. The first-order chi connectivity index (χ1) is 4.84. The summed E-state index contributed by atoms with van der Waals surface area (Å²) < 4.78 is 0. The van der Waals surface area contributed by atoms with Gasteiger partial charge in [0, 0.05) is 6.54 Å². The van der Waals surface area contributed by atoms with Crippen molar-refractivity contribution < 1.29 is 0 Å². The van der Waals surface area contributed by atoms with Crippen LogP contribution in [0.5, 0.6) is 0 Å². The molecule has 0 saturated carbocycles. The van der Waals surface area contributed by atoms with E-state index < -0.39 is 0 Å². The van der Waals surface area contributed by atoms with Crippen LogP contribution in [-0.4, -0.2) is 30.7 Å². The van der Waals surface area contributed by atoms with Gasteiger partial charge in [0.1, 0.15) is 0 Å². The first-order valence-corrected chi connectivity index (χ1v) is 4.04. The third kappa shape index (κ3) is 1.94. The maximum Gasteiger partial charge on any atom is 0.0698 e. The molecule has 10 heavy (non-hydrogen) atoms. The van der Waals surface area contributed by atoms with Gasteiger partial charge in [-0.15, -0.1) is 0 Å². The summed E-state index contributed by atoms with van der Waals surface area (Å²) in [6.45, 7) is 2.86. The molecule has 1 atom stereocenters.